The maximum absolute atomic E-state index is 12.7. The Morgan fingerprint density at radius 1 is 0.955 bits per heavy atom. The molecule has 22 heavy (non-hydrogen) atoms. The summed E-state index contributed by atoms with van der Waals surface area (Å²) in [6.07, 6.45) is 0.284. The quantitative estimate of drug-likeness (QED) is 0.803. The fourth-order valence-corrected chi connectivity index (χ4v) is 1.90. The van der Waals surface area contributed by atoms with Gasteiger partial charge in [-0.2, -0.15) is 0 Å². The van der Waals surface area contributed by atoms with Gasteiger partial charge in [0, 0.05) is 29.9 Å². The van der Waals surface area contributed by atoms with Gasteiger partial charge in [-0.3, -0.25) is 9.59 Å². The van der Waals surface area contributed by atoms with E-state index in [1.807, 2.05) is 0 Å². The maximum atomic E-state index is 12.7. The Morgan fingerprint density at radius 3 is 2.14 bits per heavy atom. The Morgan fingerprint density at radius 2 is 1.55 bits per heavy atom. The average Bonchev–Trinajstić information content (AvgIpc) is 2.50. The van der Waals surface area contributed by atoms with Crippen molar-refractivity contribution in [2.24, 2.45) is 0 Å². The molecule has 5 heteroatoms. The van der Waals surface area contributed by atoms with E-state index in [2.05, 4.69) is 10.6 Å². The Labute approximate surface area is 128 Å². The standard InChI is InChI=1S/C17H17FN2O2/c1-12(21)13-2-6-16(7-3-13)20-17(22)10-11-19-15-8-4-14(18)5-9-15/h2-9,19H,10-11H2,1H3,(H,20,22). The van der Waals surface area contributed by atoms with E-state index in [1.54, 1.807) is 36.4 Å². The van der Waals surface area contributed by atoms with Gasteiger partial charge in [0.25, 0.3) is 0 Å². The maximum Gasteiger partial charge on any atom is 0.226 e. The van der Waals surface area contributed by atoms with Gasteiger partial charge < -0.3 is 10.6 Å². The zero-order valence-corrected chi connectivity index (χ0v) is 12.2. The van der Waals surface area contributed by atoms with Crippen molar-refractivity contribution in [1.29, 1.82) is 0 Å². The second-order valence-corrected chi connectivity index (χ2v) is 4.87. The number of ketones is 1. The van der Waals surface area contributed by atoms with E-state index >= 15 is 0 Å². The second kappa shape index (κ2) is 7.36. The second-order valence-electron chi connectivity index (χ2n) is 4.87. The Balaban J connectivity index is 1.77. The van der Waals surface area contributed by atoms with E-state index in [4.69, 9.17) is 0 Å². The summed E-state index contributed by atoms with van der Waals surface area (Å²) in [5.41, 5.74) is 2.02. The van der Waals surface area contributed by atoms with Crippen LogP contribution in [0.15, 0.2) is 48.5 Å². The zero-order chi connectivity index (χ0) is 15.9. The number of nitrogens with one attached hydrogen (secondary N) is 2. The lowest BCUT2D eigenvalue weighted by Gasteiger charge is -2.08. The molecule has 0 bridgehead atoms. The molecule has 1 amide bonds. The normalized spacial score (nSPS) is 10.1. The van der Waals surface area contributed by atoms with E-state index in [0.29, 0.717) is 17.8 Å². The van der Waals surface area contributed by atoms with Crippen LogP contribution in [0.4, 0.5) is 15.8 Å². The number of amides is 1. The van der Waals surface area contributed by atoms with Crippen molar-refractivity contribution in [3.63, 3.8) is 0 Å². The molecular weight excluding hydrogens is 283 g/mol. The van der Waals surface area contributed by atoms with Gasteiger partial charge in [0.2, 0.25) is 5.91 Å². The molecule has 0 saturated heterocycles. The molecule has 0 radical (unpaired) electrons. The highest BCUT2D eigenvalue weighted by Crippen LogP contribution is 2.11. The van der Waals surface area contributed by atoms with E-state index in [-0.39, 0.29) is 23.9 Å². The fraction of sp³-hybridized carbons (Fsp3) is 0.176. The molecule has 4 nitrogen and oxygen atoms in total. The summed E-state index contributed by atoms with van der Waals surface area (Å²) >= 11 is 0. The molecule has 0 aliphatic carbocycles. The van der Waals surface area contributed by atoms with Crippen LogP contribution in [0.5, 0.6) is 0 Å². The minimum atomic E-state index is -0.294. The van der Waals surface area contributed by atoms with Gasteiger partial charge in [-0.05, 0) is 55.5 Å². The Hall–Kier alpha value is -2.69. The zero-order valence-electron chi connectivity index (χ0n) is 12.2. The molecule has 114 valence electrons. The van der Waals surface area contributed by atoms with Crippen molar-refractivity contribution in [3.05, 3.63) is 59.9 Å². The third-order valence-corrected chi connectivity index (χ3v) is 3.10. The number of benzene rings is 2. The number of anilines is 2. The summed E-state index contributed by atoms with van der Waals surface area (Å²) in [6.45, 7) is 1.94. The fourth-order valence-electron chi connectivity index (χ4n) is 1.90. The number of hydrogen-bond donors (Lipinski definition) is 2. The van der Waals surface area contributed by atoms with E-state index < -0.39 is 0 Å². The minimum absolute atomic E-state index is 0.0126. The van der Waals surface area contributed by atoms with Crippen molar-refractivity contribution < 1.29 is 14.0 Å². The van der Waals surface area contributed by atoms with Gasteiger partial charge in [-0.25, -0.2) is 4.39 Å². The summed E-state index contributed by atoms with van der Waals surface area (Å²) in [5, 5.41) is 5.79. The van der Waals surface area contributed by atoms with Gasteiger partial charge in [0.1, 0.15) is 5.82 Å². The lowest BCUT2D eigenvalue weighted by Crippen LogP contribution is -2.16. The van der Waals surface area contributed by atoms with Gasteiger partial charge in [0.05, 0.1) is 0 Å². The first-order valence-corrected chi connectivity index (χ1v) is 6.95. The molecule has 0 aliphatic heterocycles. The molecule has 0 spiro atoms. The van der Waals surface area contributed by atoms with Crippen LogP contribution >= 0.6 is 0 Å². The predicted octanol–water partition coefficient (Wildman–Crippen LogP) is 3.47. The first-order valence-electron chi connectivity index (χ1n) is 6.95. The van der Waals surface area contributed by atoms with E-state index in [0.717, 1.165) is 5.69 Å². The van der Waals surface area contributed by atoms with Gasteiger partial charge in [-0.1, -0.05) is 0 Å². The monoisotopic (exact) mass is 300 g/mol. The van der Waals surface area contributed by atoms with Crippen LogP contribution in [0.3, 0.4) is 0 Å². The molecule has 2 rings (SSSR count). The van der Waals surface area contributed by atoms with Crippen LogP contribution in [0.25, 0.3) is 0 Å². The molecule has 0 heterocycles. The number of carbonyl (C=O) groups is 2. The van der Waals surface area contributed by atoms with E-state index in [9.17, 15) is 14.0 Å². The number of carbonyl (C=O) groups excluding carboxylic acids is 2. The molecule has 0 aliphatic rings. The van der Waals surface area contributed by atoms with Crippen molar-refractivity contribution in [1.82, 2.24) is 0 Å². The molecule has 0 fully saturated rings. The predicted molar refractivity (Wildman–Crippen MR) is 84.6 cm³/mol. The summed E-state index contributed by atoms with van der Waals surface area (Å²) in [4.78, 5) is 23.0. The van der Waals surface area contributed by atoms with Crippen molar-refractivity contribution in [2.45, 2.75) is 13.3 Å². The van der Waals surface area contributed by atoms with Crippen LogP contribution in [0.1, 0.15) is 23.7 Å². The van der Waals surface area contributed by atoms with Gasteiger partial charge in [-0.15, -0.1) is 0 Å². The van der Waals surface area contributed by atoms with Crippen molar-refractivity contribution in [2.75, 3.05) is 17.2 Å². The molecular formula is C17H17FN2O2. The van der Waals surface area contributed by atoms with Crippen molar-refractivity contribution >= 4 is 23.1 Å². The lowest BCUT2D eigenvalue weighted by molar-refractivity contribution is -0.115. The molecule has 0 unspecified atom stereocenters. The number of Topliss-reactive ketones (excluding diaryl/α,β-unsaturated/α-hetero) is 1. The first-order chi connectivity index (χ1) is 10.5. The van der Waals surface area contributed by atoms with Crippen molar-refractivity contribution in [3.8, 4) is 0 Å². The van der Waals surface area contributed by atoms with Crippen LogP contribution in [-0.4, -0.2) is 18.2 Å². The smallest absolute Gasteiger partial charge is 0.226 e. The average molecular weight is 300 g/mol. The minimum Gasteiger partial charge on any atom is -0.385 e. The number of halogens is 1. The highest BCUT2D eigenvalue weighted by molar-refractivity contribution is 5.95. The highest BCUT2D eigenvalue weighted by atomic mass is 19.1. The highest BCUT2D eigenvalue weighted by Gasteiger charge is 2.04. The summed E-state index contributed by atoms with van der Waals surface area (Å²) in [6, 6.07) is 12.7. The van der Waals surface area contributed by atoms with Crippen LogP contribution < -0.4 is 10.6 Å². The largest absolute Gasteiger partial charge is 0.385 e. The number of rotatable bonds is 6. The van der Waals surface area contributed by atoms with E-state index in [1.165, 1.54) is 19.1 Å². The van der Waals surface area contributed by atoms with Gasteiger partial charge >= 0.3 is 0 Å². The Kier molecular flexibility index (Phi) is 5.25. The lowest BCUT2D eigenvalue weighted by atomic mass is 10.1. The summed E-state index contributed by atoms with van der Waals surface area (Å²) < 4.78 is 12.7. The van der Waals surface area contributed by atoms with Crippen LogP contribution in [-0.2, 0) is 4.79 Å². The third kappa shape index (κ3) is 4.70. The topological polar surface area (TPSA) is 58.2 Å². The molecule has 0 atom stereocenters. The Bertz CT molecular complexity index is 651. The van der Waals surface area contributed by atoms with Crippen LogP contribution in [0.2, 0.25) is 0 Å². The summed E-state index contributed by atoms with van der Waals surface area (Å²) in [7, 11) is 0. The third-order valence-electron chi connectivity index (χ3n) is 3.10. The molecule has 2 aromatic rings. The van der Waals surface area contributed by atoms with Crippen LogP contribution in [0, 0.1) is 5.82 Å². The molecule has 2 aromatic carbocycles. The summed E-state index contributed by atoms with van der Waals surface area (Å²) in [5.74, 6) is -0.441. The SMILES string of the molecule is CC(=O)c1ccc(NC(=O)CCNc2ccc(F)cc2)cc1. The van der Waals surface area contributed by atoms with Gasteiger partial charge in [0.15, 0.2) is 5.78 Å². The molecule has 0 saturated carbocycles. The first kappa shape index (κ1) is 15.7. The molecule has 0 aromatic heterocycles. The molecule has 2 N–H and O–H groups in total. The number of hydrogen-bond acceptors (Lipinski definition) is 3.